The van der Waals surface area contributed by atoms with Crippen LogP contribution in [0.2, 0.25) is 0 Å². The third-order valence-electron chi connectivity index (χ3n) is 4.41. The van der Waals surface area contributed by atoms with Gasteiger partial charge in [-0.15, -0.1) is 0 Å². The molecule has 0 spiro atoms. The minimum absolute atomic E-state index is 0.143. The molecule has 2 aliphatic heterocycles. The van der Waals surface area contributed by atoms with Crippen LogP contribution in [0.3, 0.4) is 0 Å². The van der Waals surface area contributed by atoms with Gasteiger partial charge in [0.05, 0.1) is 30.8 Å². The molecule has 0 saturated carbocycles. The van der Waals surface area contributed by atoms with E-state index in [0.29, 0.717) is 51.6 Å². The maximum atomic E-state index is 12.8. The molecule has 8 nitrogen and oxygen atoms in total. The summed E-state index contributed by atoms with van der Waals surface area (Å²) in [5, 5.41) is 5.96. The number of sulfonamides is 1. The first kappa shape index (κ1) is 19.2. The maximum absolute atomic E-state index is 12.8. The Balaban J connectivity index is 1.67. The number of rotatable bonds is 5. The van der Waals surface area contributed by atoms with Crippen LogP contribution < -0.4 is 10.6 Å². The Morgan fingerprint density at radius 2 is 2.15 bits per heavy atom. The van der Waals surface area contributed by atoms with Crippen molar-refractivity contribution in [1.29, 1.82) is 0 Å². The van der Waals surface area contributed by atoms with Gasteiger partial charge in [0, 0.05) is 31.7 Å². The Hall–Kier alpha value is -1.52. The third kappa shape index (κ3) is 4.80. The van der Waals surface area contributed by atoms with Crippen molar-refractivity contribution in [3.05, 3.63) is 29.8 Å². The Morgan fingerprint density at radius 1 is 1.27 bits per heavy atom. The number of hydrogen-bond donors (Lipinski definition) is 2. The molecule has 1 atom stereocenters. The lowest BCUT2D eigenvalue weighted by Gasteiger charge is -2.23. The van der Waals surface area contributed by atoms with Gasteiger partial charge < -0.3 is 20.1 Å². The van der Waals surface area contributed by atoms with Gasteiger partial charge in [-0.25, -0.2) is 8.42 Å². The predicted molar refractivity (Wildman–Crippen MR) is 95.6 cm³/mol. The van der Waals surface area contributed by atoms with Crippen LogP contribution in [-0.2, 0) is 19.5 Å². The lowest BCUT2D eigenvalue weighted by molar-refractivity contribution is -0.0855. The zero-order chi connectivity index (χ0) is 18.4. The zero-order valence-electron chi connectivity index (χ0n) is 14.6. The zero-order valence-corrected chi connectivity index (χ0v) is 15.5. The highest BCUT2D eigenvalue weighted by Gasteiger charge is 2.26. The highest BCUT2D eigenvalue weighted by Crippen LogP contribution is 2.18. The van der Waals surface area contributed by atoms with Crippen molar-refractivity contribution < 1.29 is 22.7 Å². The molecule has 2 fully saturated rings. The highest BCUT2D eigenvalue weighted by molar-refractivity contribution is 7.89. The minimum atomic E-state index is -3.61. The predicted octanol–water partition coefficient (Wildman–Crippen LogP) is -0.184. The number of nitrogens with one attached hydrogen (secondary N) is 2. The molecule has 26 heavy (non-hydrogen) atoms. The molecule has 2 saturated heterocycles. The lowest BCUT2D eigenvalue weighted by Crippen LogP contribution is -2.39. The largest absolute Gasteiger partial charge is 0.376 e. The Labute approximate surface area is 153 Å². The SMILES string of the molecule is O=C(NC[C@H]1COCCO1)c1cccc(S(=O)(=O)N2CCCNCC2)c1. The molecule has 0 radical (unpaired) electrons. The second kappa shape index (κ2) is 8.92. The molecule has 1 aromatic carbocycles. The minimum Gasteiger partial charge on any atom is -0.376 e. The smallest absolute Gasteiger partial charge is 0.251 e. The Kier molecular flexibility index (Phi) is 6.60. The molecular formula is C17H25N3O5S. The quantitative estimate of drug-likeness (QED) is 0.732. The van der Waals surface area contributed by atoms with E-state index in [2.05, 4.69) is 10.6 Å². The summed E-state index contributed by atoms with van der Waals surface area (Å²) in [7, 11) is -3.61. The third-order valence-corrected chi connectivity index (χ3v) is 6.30. The van der Waals surface area contributed by atoms with E-state index < -0.39 is 10.0 Å². The fourth-order valence-electron chi connectivity index (χ4n) is 2.97. The molecule has 9 heteroatoms. The van der Waals surface area contributed by atoms with Gasteiger partial charge in [0.15, 0.2) is 0 Å². The molecule has 2 N–H and O–H groups in total. The topological polar surface area (TPSA) is 97.0 Å². The number of ether oxygens (including phenoxy) is 2. The summed E-state index contributed by atoms with van der Waals surface area (Å²) in [4.78, 5) is 12.5. The van der Waals surface area contributed by atoms with Crippen molar-refractivity contribution in [3.8, 4) is 0 Å². The molecule has 0 aliphatic carbocycles. The van der Waals surface area contributed by atoms with Gasteiger partial charge in [-0.1, -0.05) is 6.07 Å². The van der Waals surface area contributed by atoms with Crippen molar-refractivity contribution in [2.75, 3.05) is 52.5 Å². The number of amides is 1. The van der Waals surface area contributed by atoms with E-state index >= 15 is 0 Å². The van der Waals surface area contributed by atoms with E-state index in [0.717, 1.165) is 13.0 Å². The van der Waals surface area contributed by atoms with Crippen molar-refractivity contribution in [1.82, 2.24) is 14.9 Å². The lowest BCUT2D eigenvalue weighted by atomic mass is 10.2. The molecule has 0 bridgehead atoms. The van der Waals surface area contributed by atoms with Crippen LogP contribution in [0.15, 0.2) is 29.2 Å². The summed E-state index contributed by atoms with van der Waals surface area (Å²) in [6.45, 7) is 4.19. The van der Waals surface area contributed by atoms with Gasteiger partial charge in [-0.3, -0.25) is 4.79 Å². The molecular weight excluding hydrogens is 358 g/mol. The number of hydrogen-bond acceptors (Lipinski definition) is 6. The monoisotopic (exact) mass is 383 g/mol. The maximum Gasteiger partial charge on any atom is 0.251 e. The standard InChI is InChI=1S/C17H25N3O5S/c21-17(19-12-15-13-24-9-10-25-15)14-3-1-4-16(11-14)26(22,23)20-7-2-5-18-6-8-20/h1,3-4,11,15,18H,2,5-10,12-13H2,(H,19,21)/t15-/m0/s1. The summed E-state index contributed by atoms with van der Waals surface area (Å²) in [6, 6.07) is 6.17. The summed E-state index contributed by atoms with van der Waals surface area (Å²) >= 11 is 0. The molecule has 1 aromatic rings. The first-order valence-corrected chi connectivity index (χ1v) is 10.3. The van der Waals surface area contributed by atoms with Gasteiger partial charge in [0.2, 0.25) is 10.0 Å². The van der Waals surface area contributed by atoms with Crippen molar-refractivity contribution >= 4 is 15.9 Å². The normalized spacial score (nSPS) is 22.5. The number of carbonyl (C=O) groups is 1. The van der Waals surface area contributed by atoms with E-state index in [4.69, 9.17) is 9.47 Å². The summed E-state index contributed by atoms with van der Waals surface area (Å²) in [6.07, 6.45) is 0.590. The van der Waals surface area contributed by atoms with Crippen LogP contribution in [0.5, 0.6) is 0 Å². The van der Waals surface area contributed by atoms with Crippen molar-refractivity contribution in [2.24, 2.45) is 0 Å². The Morgan fingerprint density at radius 3 is 2.96 bits per heavy atom. The van der Waals surface area contributed by atoms with Crippen LogP contribution in [0.4, 0.5) is 0 Å². The van der Waals surface area contributed by atoms with Gasteiger partial charge in [-0.05, 0) is 31.2 Å². The molecule has 0 aromatic heterocycles. The van der Waals surface area contributed by atoms with E-state index in [1.165, 1.54) is 16.4 Å². The van der Waals surface area contributed by atoms with Crippen LogP contribution in [0.25, 0.3) is 0 Å². The van der Waals surface area contributed by atoms with E-state index in [-0.39, 0.29) is 16.9 Å². The van der Waals surface area contributed by atoms with Gasteiger partial charge in [0.25, 0.3) is 5.91 Å². The molecule has 0 unspecified atom stereocenters. The summed E-state index contributed by atoms with van der Waals surface area (Å²) in [5.41, 5.74) is 0.316. The molecule has 1 amide bonds. The van der Waals surface area contributed by atoms with Crippen LogP contribution in [-0.4, -0.2) is 77.3 Å². The van der Waals surface area contributed by atoms with Crippen LogP contribution in [0.1, 0.15) is 16.8 Å². The molecule has 3 rings (SSSR count). The molecule has 2 aliphatic rings. The number of benzene rings is 1. The summed E-state index contributed by atoms with van der Waals surface area (Å²) in [5.74, 6) is -0.325. The average Bonchev–Trinajstić information content (AvgIpc) is 2.97. The average molecular weight is 383 g/mol. The number of carbonyl (C=O) groups excluding carboxylic acids is 1. The fourth-order valence-corrected chi connectivity index (χ4v) is 4.50. The highest BCUT2D eigenvalue weighted by atomic mass is 32.2. The summed E-state index contributed by atoms with van der Waals surface area (Å²) < 4.78 is 37.9. The first-order chi connectivity index (χ1) is 12.6. The van der Waals surface area contributed by atoms with Gasteiger partial charge in [0.1, 0.15) is 0 Å². The van der Waals surface area contributed by atoms with E-state index in [1.807, 2.05) is 0 Å². The van der Waals surface area contributed by atoms with Crippen molar-refractivity contribution in [2.45, 2.75) is 17.4 Å². The fraction of sp³-hybridized carbons (Fsp3) is 0.588. The molecule has 2 heterocycles. The van der Waals surface area contributed by atoms with E-state index in [9.17, 15) is 13.2 Å². The first-order valence-electron chi connectivity index (χ1n) is 8.86. The van der Waals surface area contributed by atoms with Crippen LogP contribution >= 0.6 is 0 Å². The van der Waals surface area contributed by atoms with E-state index in [1.54, 1.807) is 12.1 Å². The number of nitrogens with zero attached hydrogens (tertiary/aromatic N) is 1. The van der Waals surface area contributed by atoms with Gasteiger partial charge >= 0.3 is 0 Å². The second-order valence-electron chi connectivity index (χ2n) is 6.31. The second-order valence-corrected chi connectivity index (χ2v) is 8.25. The van der Waals surface area contributed by atoms with Crippen molar-refractivity contribution in [3.63, 3.8) is 0 Å². The van der Waals surface area contributed by atoms with Crippen LogP contribution in [0, 0.1) is 0 Å². The van der Waals surface area contributed by atoms with Gasteiger partial charge in [-0.2, -0.15) is 4.31 Å². The molecule has 144 valence electrons. The Bertz CT molecular complexity index is 711.